The summed E-state index contributed by atoms with van der Waals surface area (Å²) < 4.78 is 0. The van der Waals surface area contributed by atoms with Crippen LogP contribution in [0.2, 0.25) is 0 Å². The van der Waals surface area contributed by atoms with Crippen LogP contribution in [-0.4, -0.2) is 18.5 Å². The maximum Gasteiger partial charge on any atom is 0.220 e. The molecule has 1 aliphatic carbocycles. The number of hydrogen-bond donors (Lipinski definition) is 2. The van der Waals surface area contributed by atoms with Gasteiger partial charge in [-0.15, -0.1) is 11.3 Å². The third-order valence-corrected chi connectivity index (χ3v) is 4.93. The van der Waals surface area contributed by atoms with E-state index in [-0.39, 0.29) is 11.9 Å². The number of carbonyl (C=O) groups excluding carboxylic acids is 1. The molecule has 1 saturated carbocycles. The zero-order valence-corrected chi connectivity index (χ0v) is 12.3. The molecule has 1 aromatic heterocycles. The summed E-state index contributed by atoms with van der Waals surface area (Å²) in [6, 6.07) is 4.29. The fraction of sp³-hybridized carbons (Fsp3) is 0.667. The van der Waals surface area contributed by atoms with Crippen LogP contribution in [0.15, 0.2) is 17.5 Å². The molecule has 0 aromatic carbocycles. The minimum Gasteiger partial charge on any atom is -0.352 e. The van der Waals surface area contributed by atoms with E-state index in [9.17, 15) is 4.79 Å². The van der Waals surface area contributed by atoms with Crippen LogP contribution in [0.4, 0.5) is 0 Å². The average molecular weight is 280 g/mol. The van der Waals surface area contributed by atoms with Gasteiger partial charge in [0.25, 0.3) is 0 Å². The molecular formula is C15H24N2OS. The van der Waals surface area contributed by atoms with E-state index >= 15 is 0 Å². The number of rotatable bonds is 6. The minimum atomic E-state index is 0.148. The predicted molar refractivity (Wildman–Crippen MR) is 80.2 cm³/mol. The lowest BCUT2D eigenvalue weighted by Gasteiger charge is -2.30. The first kappa shape index (κ1) is 14.5. The van der Waals surface area contributed by atoms with Gasteiger partial charge in [-0.1, -0.05) is 25.3 Å². The molecule has 0 radical (unpaired) electrons. The van der Waals surface area contributed by atoms with E-state index in [1.807, 2.05) is 6.07 Å². The minimum absolute atomic E-state index is 0.148. The standard InChI is InChI=1S/C15H24N2OS/c16-11-14(12-5-2-1-3-6-12)17-15(18)9-8-13-7-4-10-19-13/h4,7,10,12,14H,1-3,5-6,8-9,11,16H2,(H,17,18). The Morgan fingerprint density at radius 1 is 1.42 bits per heavy atom. The van der Waals surface area contributed by atoms with Crippen LogP contribution in [0.25, 0.3) is 0 Å². The number of hydrogen-bond acceptors (Lipinski definition) is 3. The van der Waals surface area contributed by atoms with E-state index in [4.69, 9.17) is 5.73 Å². The second-order valence-electron chi connectivity index (χ2n) is 5.39. The molecule has 0 saturated heterocycles. The fourth-order valence-corrected chi connectivity index (χ4v) is 3.59. The maximum absolute atomic E-state index is 12.0. The summed E-state index contributed by atoms with van der Waals surface area (Å²) in [5.74, 6) is 0.735. The average Bonchev–Trinajstić information content (AvgIpc) is 2.97. The summed E-state index contributed by atoms with van der Waals surface area (Å²) >= 11 is 1.71. The van der Waals surface area contributed by atoms with E-state index in [1.165, 1.54) is 37.0 Å². The molecule has 3 nitrogen and oxygen atoms in total. The normalized spacial score (nSPS) is 18.2. The van der Waals surface area contributed by atoms with Gasteiger partial charge in [0.1, 0.15) is 0 Å². The van der Waals surface area contributed by atoms with E-state index in [0.29, 0.717) is 18.9 Å². The lowest BCUT2D eigenvalue weighted by molar-refractivity contribution is -0.122. The Balaban J connectivity index is 1.75. The highest BCUT2D eigenvalue weighted by Crippen LogP contribution is 2.26. The smallest absolute Gasteiger partial charge is 0.220 e. The van der Waals surface area contributed by atoms with Gasteiger partial charge in [0.2, 0.25) is 5.91 Å². The van der Waals surface area contributed by atoms with Gasteiger partial charge in [0, 0.05) is 23.9 Å². The number of carbonyl (C=O) groups is 1. The predicted octanol–water partition coefficient (Wildman–Crippen LogP) is 2.70. The van der Waals surface area contributed by atoms with Crippen molar-refractivity contribution in [2.75, 3.05) is 6.54 Å². The Morgan fingerprint density at radius 2 is 2.21 bits per heavy atom. The maximum atomic E-state index is 12.0. The topological polar surface area (TPSA) is 55.1 Å². The van der Waals surface area contributed by atoms with Gasteiger partial charge in [0.05, 0.1) is 0 Å². The molecule has 3 N–H and O–H groups in total. The molecule has 1 amide bonds. The molecule has 106 valence electrons. The van der Waals surface area contributed by atoms with Gasteiger partial charge in [-0.3, -0.25) is 4.79 Å². The molecule has 19 heavy (non-hydrogen) atoms. The second kappa shape index (κ2) is 7.65. The molecule has 2 rings (SSSR count). The summed E-state index contributed by atoms with van der Waals surface area (Å²) in [5.41, 5.74) is 5.83. The van der Waals surface area contributed by atoms with Crippen molar-refractivity contribution in [2.45, 2.75) is 51.0 Å². The van der Waals surface area contributed by atoms with Crippen molar-refractivity contribution in [2.24, 2.45) is 11.7 Å². The molecule has 1 aliphatic rings. The highest BCUT2D eigenvalue weighted by molar-refractivity contribution is 7.09. The van der Waals surface area contributed by atoms with Crippen LogP contribution in [0.3, 0.4) is 0 Å². The fourth-order valence-electron chi connectivity index (χ4n) is 2.88. The van der Waals surface area contributed by atoms with Gasteiger partial charge < -0.3 is 11.1 Å². The Kier molecular flexibility index (Phi) is 5.86. The molecule has 0 aliphatic heterocycles. The van der Waals surface area contributed by atoms with Crippen molar-refractivity contribution < 1.29 is 4.79 Å². The van der Waals surface area contributed by atoms with Gasteiger partial charge in [0.15, 0.2) is 0 Å². The van der Waals surface area contributed by atoms with Crippen molar-refractivity contribution in [3.8, 4) is 0 Å². The molecule has 0 spiro atoms. The van der Waals surface area contributed by atoms with Crippen molar-refractivity contribution >= 4 is 17.2 Å². The third kappa shape index (κ3) is 4.62. The zero-order valence-electron chi connectivity index (χ0n) is 11.4. The lowest BCUT2D eigenvalue weighted by atomic mass is 9.84. The van der Waals surface area contributed by atoms with Crippen LogP contribution in [-0.2, 0) is 11.2 Å². The highest BCUT2D eigenvalue weighted by atomic mass is 32.1. The first-order valence-corrected chi connectivity index (χ1v) is 8.19. The Morgan fingerprint density at radius 3 is 2.84 bits per heavy atom. The summed E-state index contributed by atoms with van der Waals surface area (Å²) in [6.07, 6.45) is 7.74. The monoisotopic (exact) mass is 280 g/mol. The highest BCUT2D eigenvalue weighted by Gasteiger charge is 2.23. The Bertz CT molecular complexity index is 372. The summed E-state index contributed by atoms with van der Waals surface area (Å²) in [7, 11) is 0. The lowest BCUT2D eigenvalue weighted by Crippen LogP contribution is -2.45. The molecule has 0 bridgehead atoms. The first-order valence-electron chi connectivity index (χ1n) is 7.31. The van der Waals surface area contributed by atoms with Gasteiger partial charge >= 0.3 is 0 Å². The number of aryl methyl sites for hydroxylation is 1. The number of amides is 1. The molecule has 1 atom stereocenters. The van der Waals surface area contributed by atoms with Crippen molar-refractivity contribution in [3.05, 3.63) is 22.4 Å². The van der Waals surface area contributed by atoms with Crippen molar-refractivity contribution in [3.63, 3.8) is 0 Å². The molecule has 1 aromatic rings. The summed E-state index contributed by atoms with van der Waals surface area (Å²) in [6.45, 7) is 0.565. The van der Waals surface area contributed by atoms with E-state index in [0.717, 1.165) is 6.42 Å². The number of nitrogens with one attached hydrogen (secondary N) is 1. The van der Waals surface area contributed by atoms with Crippen LogP contribution in [0.1, 0.15) is 43.4 Å². The van der Waals surface area contributed by atoms with Crippen LogP contribution < -0.4 is 11.1 Å². The quantitative estimate of drug-likeness (QED) is 0.842. The van der Waals surface area contributed by atoms with Gasteiger partial charge in [-0.25, -0.2) is 0 Å². The van der Waals surface area contributed by atoms with Crippen LogP contribution in [0.5, 0.6) is 0 Å². The summed E-state index contributed by atoms with van der Waals surface area (Å²) in [4.78, 5) is 13.3. The van der Waals surface area contributed by atoms with Crippen LogP contribution >= 0.6 is 11.3 Å². The number of nitrogens with two attached hydrogens (primary N) is 1. The van der Waals surface area contributed by atoms with E-state index in [1.54, 1.807) is 11.3 Å². The summed E-state index contributed by atoms with van der Waals surface area (Å²) in [5, 5.41) is 5.19. The van der Waals surface area contributed by atoms with Crippen molar-refractivity contribution in [1.82, 2.24) is 5.32 Å². The molecular weight excluding hydrogens is 256 g/mol. The molecule has 1 fully saturated rings. The van der Waals surface area contributed by atoms with E-state index < -0.39 is 0 Å². The molecule has 4 heteroatoms. The Labute approximate surface area is 119 Å². The van der Waals surface area contributed by atoms with Gasteiger partial charge in [-0.05, 0) is 36.6 Å². The van der Waals surface area contributed by atoms with Gasteiger partial charge in [-0.2, -0.15) is 0 Å². The zero-order chi connectivity index (χ0) is 13.5. The first-order chi connectivity index (χ1) is 9.29. The van der Waals surface area contributed by atoms with E-state index in [2.05, 4.69) is 16.8 Å². The molecule has 1 unspecified atom stereocenters. The van der Waals surface area contributed by atoms with Crippen molar-refractivity contribution in [1.29, 1.82) is 0 Å². The third-order valence-electron chi connectivity index (χ3n) is 4.00. The SMILES string of the molecule is NCC(NC(=O)CCc1cccs1)C1CCCCC1. The molecule has 1 heterocycles. The van der Waals surface area contributed by atoms with Crippen LogP contribution in [0, 0.1) is 5.92 Å². The number of thiophene rings is 1. The Hall–Kier alpha value is -0.870. The largest absolute Gasteiger partial charge is 0.352 e. The second-order valence-corrected chi connectivity index (χ2v) is 6.42.